The number of amides is 2. The van der Waals surface area contributed by atoms with E-state index in [0.29, 0.717) is 17.7 Å². The molecule has 1 aliphatic rings. The summed E-state index contributed by atoms with van der Waals surface area (Å²) < 4.78 is 13.2. The van der Waals surface area contributed by atoms with Gasteiger partial charge in [0.1, 0.15) is 5.82 Å². The molecule has 120 valence electrons. The Morgan fingerprint density at radius 1 is 1.04 bits per heavy atom. The third-order valence-electron chi connectivity index (χ3n) is 4.32. The Labute approximate surface area is 137 Å². The van der Waals surface area contributed by atoms with E-state index in [1.165, 1.54) is 23.5 Å². The van der Waals surface area contributed by atoms with Crippen molar-refractivity contribution < 1.29 is 14.0 Å². The molecular formula is C17H17FN2O2S. The summed E-state index contributed by atoms with van der Waals surface area (Å²) in [4.78, 5) is 25.2. The second kappa shape index (κ2) is 6.50. The second-order valence-electron chi connectivity index (χ2n) is 5.68. The lowest BCUT2D eigenvalue weighted by atomic mass is 9.78. The summed E-state index contributed by atoms with van der Waals surface area (Å²) in [5.41, 5.74) is 5.10. The highest BCUT2D eigenvalue weighted by Crippen LogP contribution is 2.41. The van der Waals surface area contributed by atoms with Gasteiger partial charge in [0.2, 0.25) is 5.91 Å². The fraction of sp³-hybridized carbons (Fsp3) is 0.294. The van der Waals surface area contributed by atoms with Gasteiger partial charge in [-0.3, -0.25) is 20.4 Å². The lowest BCUT2D eigenvalue weighted by Gasteiger charge is -2.28. The maximum Gasteiger partial charge on any atom is 0.279 e. The predicted octanol–water partition coefficient (Wildman–Crippen LogP) is 3.16. The van der Waals surface area contributed by atoms with Gasteiger partial charge in [-0.05, 0) is 42.0 Å². The van der Waals surface area contributed by atoms with Crippen molar-refractivity contribution in [1.82, 2.24) is 10.9 Å². The number of nitrogens with one attached hydrogen (secondary N) is 2. The van der Waals surface area contributed by atoms with Crippen molar-refractivity contribution in [3.63, 3.8) is 0 Å². The molecule has 1 fully saturated rings. The van der Waals surface area contributed by atoms with E-state index >= 15 is 0 Å². The summed E-state index contributed by atoms with van der Waals surface area (Å²) in [6.45, 7) is 0. The first kappa shape index (κ1) is 15.7. The molecule has 0 unspecified atom stereocenters. The number of hydrogen-bond acceptors (Lipinski definition) is 3. The average molecular weight is 332 g/mol. The quantitative estimate of drug-likeness (QED) is 0.848. The minimum Gasteiger partial charge on any atom is -0.272 e. The summed E-state index contributed by atoms with van der Waals surface area (Å²) in [6.07, 6.45) is 3.26. The van der Waals surface area contributed by atoms with Crippen molar-refractivity contribution >= 4 is 23.2 Å². The predicted molar refractivity (Wildman–Crippen MR) is 86.5 cm³/mol. The van der Waals surface area contributed by atoms with Crippen LogP contribution < -0.4 is 10.9 Å². The smallest absolute Gasteiger partial charge is 0.272 e. The number of rotatable bonds is 3. The molecule has 1 aromatic carbocycles. The molecule has 2 amide bonds. The Morgan fingerprint density at radius 3 is 2.35 bits per heavy atom. The zero-order valence-corrected chi connectivity index (χ0v) is 13.3. The Morgan fingerprint density at radius 2 is 1.74 bits per heavy atom. The molecule has 1 heterocycles. The Kier molecular flexibility index (Phi) is 4.43. The topological polar surface area (TPSA) is 58.2 Å². The van der Waals surface area contributed by atoms with E-state index in [2.05, 4.69) is 10.9 Å². The molecule has 0 saturated heterocycles. The number of hydrazine groups is 1. The van der Waals surface area contributed by atoms with E-state index in [0.717, 1.165) is 18.4 Å². The zero-order chi connectivity index (χ0) is 16.3. The number of halogens is 1. The van der Waals surface area contributed by atoms with Crippen molar-refractivity contribution in [2.75, 3.05) is 0 Å². The van der Waals surface area contributed by atoms with Gasteiger partial charge in [-0.2, -0.15) is 0 Å². The Balaban J connectivity index is 1.74. The van der Waals surface area contributed by atoms with Crippen molar-refractivity contribution in [2.24, 2.45) is 0 Å². The monoisotopic (exact) mass is 332 g/mol. The van der Waals surface area contributed by atoms with E-state index in [1.54, 1.807) is 29.6 Å². The molecule has 0 atom stereocenters. The third kappa shape index (κ3) is 3.12. The van der Waals surface area contributed by atoms with Crippen LogP contribution in [-0.2, 0) is 10.2 Å². The van der Waals surface area contributed by atoms with E-state index < -0.39 is 5.41 Å². The number of hydrogen-bond donors (Lipinski definition) is 2. The van der Waals surface area contributed by atoms with Gasteiger partial charge in [0.15, 0.2) is 0 Å². The van der Waals surface area contributed by atoms with Gasteiger partial charge in [-0.1, -0.05) is 31.0 Å². The number of carbonyl (C=O) groups excluding carboxylic acids is 2. The van der Waals surface area contributed by atoms with E-state index in [4.69, 9.17) is 0 Å². The molecule has 6 heteroatoms. The minimum absolute atomic E-state index is 0.244. The van der Waals surface area contributed by atoms with E-state index in [-0.39, 0.29) is 17.6 Å². The molecule has 23 heavy (non-hydrogen) atoms. The van der Waals surface area contributed by atoms with Crippen LogP contribution in [0.2, 0.25) is 0 Å². The van der Waals surface area contributed by atoms with Crippen LogP contribution in [-0.4, -0.2) is 11.8 Å². The van der Waals surface area contributed by atoms with Crippen LogP contribution in [0.5, 0.6) is 0 Å². The fourth-order valence-corrected chi connectivity index (χ4v) is 3.72. The van der Waals surface area contributed by atoms with Gasteiger partial charge in [-0.25, -0.2) is 4.39 Å². The van der Waals surface area contributed by atoms with E-state index in [9.17, 15) is 14.0 Å². The van der Waals surface area contributed by atoms with Crippen LogP contribution in [0.3, 0.4) is 0 Å². The molecule has 1 saturated carbocycles. The lowest BCUT2D eigenvalue weighted by Crippen LogP contribution is -2.50. The highest BCUT2D eigenvalue weighted by atomic mass is 32.1. The van der Waals surface area contributed by atoms with Gasteiger partial charge in [-0.15, -0.1) is 11.3 Å². The van der Waals surface area contributed by atoms with Gasteiger partial charge in [0.05, 0.1) is 10.3 Å². The number of carbonyl (C=O) groups is 2. The molecule has 3 rings (SSSR count). The van der Waals surface area contributed by atoms with Crippen LogP contribution >= 0.6 is 11.3 Å². The highest BCUT2D eigenvalue weighted by molar-refractivity contribution is 7.12. The van der Waals surface area contributed by atoms with Crippen LogP contribution in [0, 0.1) is 5.82 Å². The maximum atomic E-state index is 13.2. The molecule has 1 aliphatic carbocycles. The molecular weight excluding hydrogens is 315 g/mol. The average Bonchev–Trinajstić information content (AvgIpc) is 3.25. The van der Waals surface area contributed by atoms with Crippen molar-refractivity contribution in [3.05, 3.63) is 58.0 Å². The Hall–Kier alpha value is -2.21. The van der Waals surface area contributed by atoms with Gasteiger partial charge >= 0.3 is 0 Å². The molecule has 0 radical (unpaired) electrons. The fourth-order valence-electron chi connectivity index (χ4n) is 3.10. The Bertz CT molecular complexity index is 692. The summed E-state index contributed by atoms with van der Waals surface area (Å²) >= 11 is 1.31. The standard InChI is InChI=1S/C17H17FN2O2S/c18-13-7-5-12(6-8-13)17(9-1-2-10-17)16(22)20-19-15(21)14-4-3-11-23-14/h3-8,11H,1-2,9-10H2,(H,19,21)(H,20,22). The molecule has 0 bridgehead atoms. The van der Waals surface area contributed by atoms with Crippen molar-refractivity contribution in [2.45, 2.75) is 31.1 Å². The maximum absolute atomic E-state index is 13.2. The highest BCUT2D eigenvalue weighted by Gasteiger charge is 2.42. The molecule has 0 spiro atoms. The second-order valence-corrected chi connectivity index (χ2v) is 6.63. The zero-order valence-electron chi connectivity index (χ0n) is 12.5. The molecule has 0 aliphatic heterocycles. The SMILES string of the molecule is O=C(NNC(=O)C1(c2ccc(F)cc2)CCCC1)c1cccs1. The van der Waals surface area contributed by atoms with Gasteiger partial charge in [0.25, 0.3) is 5.91 Å². The summed E-state index contributed by atoms with van der Waals surface area (Å²) in [5.74, 6) is -0.902. The first-order chi connectivity index (χ1) is 11.1. The third-order valence-corrected chi connectivity index (χ3v) is 5.19. The number of thiophene rings is 1. The van der Waals surface area contributed by atoms with E-state index in [1.807, 2.05) is 0 Å². The van der Waals surface area contributed by atoms with Crippen LogP contribution in [0.1, 0.15) is 40.9 Å². The van der Waals surface area contributed by atoms with Gasteiger partial charge < -0.3 is 0 Å². The number of benzene rings is 1. The first-order valence-electron chi connectivity index (χ1n) is 7.52. The lowest BCUT2D eigenvalue weighted by molar-refractivity contribution is -0.127. The molecule has 4 nitrogen and oxygen atoms in total. The normalized spacial score (nSPS) is 16.0. The van der Waals surface area contributed by atoms with Crippen LogP contribution in [0.15, 0.2) is 41.8 Å². The minimum atomic E-state index is -0.698. The first-order valence-corrected chi connectivity index (χ1v) is 8.40. The summed E-state index contributed by atoms with van der Waals surface area (Å²) in [5, 5.41) is 1.80. The van der Waals surface area contributed by atoms with Crippen LogP contribution in [0.4, 0.5) is 4.39 Å². The summed E-state index contributed by atoms with van der Waals surface area (Å²) in [7, 11) is 0. The molecule has 2 aromatic rings. The van der Waals surface area contributed by atoms with Crippen LogP contribution in [0.25, 0.3) is 0 Å². The van der Waals surface area contributed by atoms with Crippen molar-refractivity contribution in [3.8, 4) is 0 Å². The molecule has 1 aromatic heterocycles. The van der Waals surface area contributed by atoms with Crippen molar-refractivity contribution in [1.29, 1.82) is 0 Å². The summed E-state index contributed by atoms with van der Waals surface area (Å²) in [6, 6.07) is 9.51. The molecule has 2 N–H and O–H groups in total. The largest absolute Gasteiger partial charge is 0.279 e. The van der Waals surface area contributed by atoms with Gasteiger partial charge in [0, 0.05) is 0 Å².